The van der Waals surface area contributed by atoms with Gasteiger partial charge in [-0.1, -0.05) is 26.0 Å². The van der Waals surface area contributed by atoms with Gasteiger partial charge < -0.3 is 10.4 Å². The van der Waals surface area contributed by atoms with Crippen LogP contribution >= 0.6 is 0 Å². The minimum Gasteiger partial charge on any atom is -0.396 e. The third-order valence-electron chi connectivity index (χ3n) is 2.74. The fourth-order valence-electron chi connectivity index (χ4n) is 1.59. The van der Waals surface area contributed by atoms with E-state index in [-0.39, 0.29) is 16.9 Å². The molecule has 0 saturated heterocycles. The van der Waals surface area contributed by atoms with E-state index in [1.54, 1.807) is 18.2 Å². The molecule has 0 fully saturated rings. The van der Waals surface area contributed by atoms with E-state index in [4.69, 9.17) is 10.2 Å². The Bertz CT molecular complexity index is 498. The van der Waals surface area contributed by atoms with Crippen LogP contribution < -0.4 is 10.5 Å². The van der Waals surface area contributed by atoms with Crippen LogP contribution in [0.4, 0.5) is 5.69 Å². The van der Waals surface area contributed by atoms with E-state index >= 15 is 0 Å². The van der Waals surface area contributed by atoms with Crippen molar-refractivity contribution >= 4 is 15.7 Å². The van der Waals surface area contributed by atoms with Gasteiger partial charge in [-0.15, -0.1) is 0 Å². The van der Waals surface area contributed by atoms with Gasteiger partial charge in [0.15, 0.2) is 0 Å². The first-order valence-corrected chi connectivity index (χ1v) is 7.27. The van der Waals surface area contributed by atoms with Crippen molar-refractivity contribution in [3.63, 3.8) is 0 Å². The lowest BCUT2D eigenvalue weighted by molar-refractivity contribution is 0.220. The Kier molecular flexibility index (Phi) is 4.72. The molecule has 0 heterocycles. The molecule has 0 amide bonds. The van der Waals surface area contributed by atoms with E-state index < -0.39 is 10.0 Å². The molecule has 1 aromatic rings. The Hall–Kier alpha value is -1.11. The summed E-state index contributed by atoms with van der Waals surface area (Å²) >= 11 is 0. The quantitative estimate of drug-likeness (QED) is 0.724. The number of para-hydroxylation sites is 1. The van der Waals surface area contributed by atoms with Gasteiger partial charge in [-0.05, 0) is 24.0 Å². The van der Waals surface area contributed by atoms with Crippen molar-refractivity contribution < 1.29 is 13.5 Å². The largest absolute Gasteiger partial charge is 0.396 e. The first-order chi connectivity index (χ1) is 8.26. The van der Waals surface area contributed by atoms with Gasteiger partial charge in [0.25, 0.3) is 0 Å². The van der Waals surface area contributed by atoms with Crippen molar-refractivity contribution in [3.8, 4) is 0 Å². The van der Waals surface area contributed by atoms with E-state index in [0.29, 0.717) is 18.7 Å². The van der Waals surface area contributed by atoms with Gasteiger partial charge in [0.05, 0.1) is 5.69 Å². The molecule has 0 aromatic heterocycles. The number of benzene rings is 1. The minimum atomic E-state index is -3.73. The van der Waals surface area contributed by atoms with Gasteiger partial charge in [0.1, 0.15) is 4.90 Å². The molecular formula is C12H20N2O3S. The fraction of sp³-hybridized carbons (Fsp3) is 0.500. The molecule has 102 valence electrons. The lowest BCUT2D eigenvalue weighted by atomic mass is 9.90. The molecule has 0 spiro atoms. The van der Waals surface area contributed by atoms with Crippen molar-refractivity contribution in [1.29, 1.82) is 0 Å². The van der Waals surface area contributed by atoms with E-state index in [1.165, 1.54) is 6.07 Å². The van der Waals surface area contributed by atoms with Crippen LogP contribution in [0.15, 0.2) is 29.2 Å². The predicted molar refractivity (Wildman–Crippen MR) is 71.8 cm³/mol. The Morgan fingerprint density at radius 3 is 2.50 bits per heavy atom. The zero-order valence-electron chi connectivity index (χ0n) is 10.7. The number of aliphatic hydroxyl groups excluding tert-OH is 1. The third kappa shape index (κ3) is 4.29. The topological polar surface area (TPSA) is 92.4 Å². The van der Waals surface area contributed by atoms with Gasteiger partial charge in [-0.3, -0.25) is 0 Å². The fourth-order valence-corrected chi connectivity index (χ4v) is 2.30. The van der Waals surface area contributed by atoms with Crippen molar-refractivity contribution in [2.24, 2.45) is 10.6 Å². The second-order valence-electron chi connectivity index (χ2n) is 5.03. The Labute approximate surface area is 108 Å². The molecule has 1 aromatic carbocycles. The molecule has 1 rings (SSSR count). The smallest absolute Gasteiger partial charge is 0.240 e. The number of nitrogens with two attached hydrogens (primary N) is 1. The summed E-state index contributed by atoms with van der Waals surface area (Å²) in [5.74, 6) is 0. The summed E-state index contributed by atoms with van der Waals surface area (Å²) in [6.45, 7) is 4.65. The lowest BCUT2D eigenvalue weighted by Crippen LogP contribution is -2.25. The summed E-state index contributed by atoms with van der Waals surface area (Å²) in [4.78, 5) is 0.0878. The van der Waals surface area contributed by atoms with Gasteiger partial charge in [-0.2, -0.15) is 0 Å². The SMILES string of the molecule is CC(C)(CCO)CNc1ccccc1S(N)(=O)=O. The van der Waals surface area contributed by atoms with Gasteiger partial charge in [0, 0.05) is 13.2 Å². The Morgan fingerprint density at radius 1 is 1.33 bits per heavy atom. The first-order valence-electron chi connectivity index (χ1n) is 5.73. The van der Waals surface area contributed by atoms with Gasteiger partial charge in [0.2, 0.25) is 10.0 Å². The van der Waals surface area contributed by atoms with Crippen LogP contribution in [0.2, 0.25) is 0 Å². The Morgan fingerprint density at radius 2 is 1.94 bits per heavy atom. The van der Waals surface area contributed by atoms with E-state index in [1.807, 2.05) is 13.8 Å². The third-order valence-corrected chi connectivity index (χ3v) is 3.71. The highest BCUT2D eigenvalue weighted by Gasteiger charge is 2.19. The molecule has 0 radical (unpaired) electrons. The van der Waals surface area contributed by atoms with Crippen molar-refractivity contribution in [1.82, 2.24) is 0 Å². The molecular weight excluding hydrogens is 252 g/mol. The van der Waals surface area contributed by atoms with E-state index in [0.717, 1.165) is 0 Å². The second kappa shape index (κ2) is 5.69. The normalized spacial score (nSPS) is 12.4. The van der Waals surface area contributed by atoms with Crippen molar-refractivity contribution in [2.45, 2.75) is 25.2 Å². The van der Waals surface area contributed by atoms with Gasteiger partial charge in [-0.25, -0.2) is 13.6 Å². The average molecular weight is 272 g/mol. The number of hydrogen-bond donors (Lipinski definition) is 3. The lowest BCUT2D eigenvalue weighted by Gasteiger charge is -2.25. The molecule has 0 aliphatic rings. The molecule has 0 aliphatic heterocycles. The molecule has 0 atom stereocenters. The number of sulfonamides is 1. The molecule has 0 bridgehead atoms. The maximum Gasteiger partial charge on any atom is 0.240 e. The summed E-state index contributed by atoms with van der Waals surface area (Å²) in [5, 5.41) is 17.2. The van der Waals surface area contributed by atoms with E-state index in [2.05, 4.69) is 5.32 Å². The molecule has 4 N–H and O–H groups in total. The van der Waals surface area contributed by atoms with Crippen molar-refractivity contribution in [2.75, 3.05) is 18.5 Å². The number of rotatable bonds is 6. The van der Waals surface area contributed by atoms with Crippen LogP contribution in [0.25, 0.3) is 0 Å². The maximum absolute atomic E-state index is 11.4. The number of hydrogen-bond acceptors (Lipinski definition) is 4. The highest BCUT2D eigenvalue weighted by molar-refractivity contribution is 7.89. The number of nitrogens with one attached hydrogen (secondary N) is 1. The first kappa shape index (κ1) is 14.9. The average Bonchev–Trinajstić information content (AvgIpc) is 2.26. The van der Waals surface area contributed by atoms with E-state index in [9.17, 15) is 8.42 Å². The molecule has 0 saturated carbocycles. The summed E-state index contributed by atoms with van der Waals surface area (Å²) in [6.07, 6.45) is 0.636. The second-order valence-corrected chi connectivity index (χ2v) is 6.56. The summed E-state index contributed by atoms with van der Waals surface area (Å²) in [6, 6.07) is 6.52. The molecule has 0 aliphatic carbocycles. The minimum absolute atomic E-state index is 0.0878. The summed E-state index contributed by atoms with van der Waals surface area (Å²) in [5.41, 5.74) is 0.367. The predicted octanol–water partition coefficient (Wildman–Crippen LogP) is 1.15. The molecule has 5 nitrogen and oxygen atoms in total. The zero-order valence-corrected chi connectivity index (χ0v) is 11.5. The number of primary sulfonamides is 1. The number of anilines is 1. The zero-order chi connectivity index (χ0) is 13.8. The van der Waals surface area contributed by atoms with Crippen LogP contribution in [-0.2, 0) is 10.0 Å². The highest BCUT2D eigenvalue weighted by Crippen LogP contribution is 2.24. The molecule has 18 heavy (non-hydrogen) atoms. The summed E-state index contributed by atoms with van der Waals surface area (Å²) in [7, 11) is -3.73. The van der Waals surface area contributed by atoms with Crippen molar-refractivity contribution in [3.05, 3.63) is 24.3 Å². The molecule has 6 heteroatoms. The maximum atomic E-state index is 11.4. The molecule has 0 unspecified atom stereocenters. The van der Waals surface area contributed by atoms with Crippen LogP contribution in [0, 0.1) is 5.41 Å². The standard InChI is InChI=1S/C12H20N2O3S/c1-12(2,7-8-15)9-14-10-5-3-4-6-11(10)18(13,16)17/h3-6,14-15H,7-9H2,1-2H3,(H2,13,16,17). The van der Waals surface area contributed by atoms with Crippen LogP contribution in [0.3, 0.4) is 0 Å². The monoisotopic (exact) mass is 272 g/mol. The summed E-state index contributed by atoms with van der Waals surface area (Å²) < 4.78 is 22.8. The van der Waals surface area contributed by atoms with Crippen LogP contribution in [0.5, 0.6) is 0 Å². The Balaban J connectivity index is 2.86. The highest BCUT2D eigenvalue weighted by atomic mass is 32.2. The van der Waals surface area contributed by atoms with Crippen LogP contribution in [0.1, 0.15) is 20.3 Å². The van der Waals surface area contributed by atoms with Crippen LogP contribution in [-0.4, -0.2) is 26.7 Å². The van der Waals surface area contributed by atoms with Gasteiger partial charge >= 0.3 is 0 Å². The number of aliphatic hydroxyl groups is 1.